The summed E-state index contributed by atoms with van der Waals surface area (Å²) in [5.74, 6) is 0.424. The number of hydrogen-bond donors (Lipinski definition) is 0. The first-order valence-corrected chi connectivity index (χ1v) is 9.67. The van der Waals surface area contributed by atoms with Gasteiger partial charge in [-0.1, -0.05) is 12.8 Å². The Morgan fingerprint density at radius 2 is 1.92 bits per heavy atom. The first kappa shape index (κ1) is 17.7. The van der Waals surface area contributed by atoms with Crippen molar-refractivity contribution in [3.05, 3.63) is 34.4 Å². The van der Waals surface area contributed by atoms with E-state index in [1.54, 1.807) is 19.0 Å². The van der Waals surface area contributed by atoms with Crippen LogP contribution in [0.25, 0.3) is 0 Å². The lowest BCUT2D eigenvalue weighted by Crippen LogP contribution is -2.51. The molecular weight excluding hydrogens is 344 g/mol. The molecule has 1 aromatic carbocycles. The van der Waals surface area contributed by atoms with Gasteiger partial charge in [0.2, 0.25) is 5.96 Å². The SMILES string of the molecule is CN(C)C1=N[C@]2(C)CCCC[C@@H]2N1S(=O)(=O)c1ccc([N+](=O)[O-])cc1. The third-order valence-corrected chi connectivity index (χ3v) is 6.77. The number of benzene rings is 1. The lowest BCUT2D eigenvalue weighted by atomic mass is 9.80. The van der Waals surface area contributed by atoms with E-state index in [0.717, 1.165) is 25.7 Å². The fraction of sp³-hybridized carbons (Fsp3) is 0.562. The zero-order chi connectivity index (χ0) is 18.4. The van der Waals surface area contributed by atoms with Gasteiger partial charge in [0.15, 0.2) is 0 Å². The summed E-state index contributed by atoms with van der Waals surface area (Å²) >= 11 is 0. The molecular formula is C16H22N4O4S. The standard InChI is InChI=1S/C16H22N4O4S/c1-16-11-5-4-6-14(16)19(15(17-16)18(2)3)25(23,24)13-9-7-12(8-10-13)20(21)22/h7-10,14H,4-6,11H2,1-3H3/t14-,16+/m0/s1. The quantitative estimate of drug-likeness (QED) is 0.604. The summed E-state index contributed by atoms with van der Waals surface area (Å²) in [4.78, 5) is 16.8. The highest BCUT2D eigenvalue weighted by molar-refractivity contribution is 7.89. The highest BCUT2D eigenvalue weighted by Crippen LogP contribution is 2.42. The van der Waals surface area contributed by atoms with Crippen molar-refractivity contribution in [3.63, 3.8) is 0 Å². The van der Waals surface area contributed by atoms with E-state index in [0.29, 0.717) is 5.96 Å². The number of non-ortho nitro benzene ring substituents is 1. The fourth-order valence-electron chi connectivity index (χ4n) is 3.64. The predicted octanol–water partition coefficient (Wildman–Crippen LogP) is 2.22. The van der Waals surface area contributed by atoms with Gasteiger partial charge in [0.1, 0.15) is 0 Å². The van der Waals surface area contributed by atoms with E-state index in [1.165, 1.54) is 28.6 Å². The second-order valence-corrected chi connectivity index (χ2v) is 8.79. The molecule has 1 aliphatic heterocycles. The molecule has 8 nitrogen and oxygen atoms in total. The lowest BCUT2D eigenvalue weighted by Gasteiger charge is -2.38. The molecule has 3 rings (SSSR count). The Hall–Kier alpha value is -2.16. The first-order chi connectivity index (χ1) is 11.7. The van der Waals surface area contributed by atoms with Crippen LogP contribution in [0.1, 0.15) is 32.6 Å². The van der Waals surface area contributed by atoms with E-state index in [-0.39, 0.29) is 16.6 Å². The maximum absolute atomic E-state index is 13.3. The summed E-state index contributed by atoms with van der Waals surface area (Å²) in [5.41, 5.74) is -0.560. The molecule has 0 spiro atoms. The molecule has 2 aliphatic rings. The van der Waals surface area contributed by atoms with Crippen molar-refractivity contribution in [2.75, 3.05) is 14.1 Å². The number of aliphatic imine (C=N–C) groups is 1. The summed E-state index contributed by atoms with van der Waals surface area (Å²) in [5, 5.41) is 10.8. The Kier molecular flexibility index (Phi) is 4.22. The number of fused-ring (bicyclic) bond motifs is 1. The van der Waals surface area contributed by atoms with Crippen LogP contribution in [0.2, 0.25) is 0 Å². The average molecular weight is 366 g/mol. The zero-order valence-corrected chi connectivity index (χ0v) is 15.4. The predicted molar refractivity (Wildman–Crippen MR) is 93.9 cm³/mol. The molecule has 1 aromatic rings. The molecule has 1 aliphatic carbocycles. The molecule has 1 heterocycles. The molecule has 0 bridgehead atoms. The monoisotopic (exact) mass is 366 g/mol. The summed E-state index contributed by atoms with van der Waals surface area (Å²) in [6.45, 7) is 2.01. The number of hydrogen-bond acceptors (Lipinski definition) is 6. The maximum atomic E-state index is 13.3. The number of sulfonamides is 1. The van der Waals surface area contributed by atoms with Gasteiger partial charge in [-0.05, 0) is 31.9 Å². The van der Waals surface area contributed by atoms with Gasteiger partial charge in [-0.3, -0.25) is 10.1 Å². The average Bonchev–Trinajstić information content (AvgIpc) is 2.89. The Bertz CT molecular complexity index is 819. The number of nitrogens with zero attached hydrogens (tertiary/aromatic N) is 4. The molecule has 0 radical (unpaired) electrons. The van der Waals surface area contributed by atoms with Crippen LogP contribution in [0.5, 0.6) is 0 Å². The Balaban J connectivity index is 2.05. The molecule has 9 heteroatoms. The number of nitro groups is 1. The Morgan fingerprint density at radius 3 is 2.48 bits per heavy atom. The zero-order valence-electron chi connectivity index (χ0n) is 14.5. The summed E-state index contributed by atoms with van der Waals surface area (Å²) < 4.78 is 28.0. The van der Waals surface area contributed by atoms with Gasteiger partial charge in [0, 0.05) is 26.2 Å². The minimum absolute atomic E-state index is 0.0440. The van der Waals surface area contributed by atoms with Crippen molar-refractivity contribution < 1.29 is 13.3 Å². The van der Waals surface area contributed by atoms with Gasteiger partial charge in [0.05, 0.1) is 21.4 Å². The maximum Gasteiger partial charge on any atom is 0.269 e. The van der Waals surface area contributed by atoms with Crippen LogP contribution in [0.15, 0.2) is 34.2 Å². The highest BCUT2D eigenvalue weighted by atomic mass is 32.2. The smallest absolute Gasteiger partial charge is 0.269 e. The molecule has 1 saturated carbocycles. The van der Waals surface area contributed by atoms with Crippen molar-refractivity contribution in [1.29, 1.82) is 0 Å². The lowest BCUT2D eigenvalue weighted by molar-refractivity contribution is -0.384. The number of rotatable bonds is 3. The van der Waals surface area contributed by atoms with Gasteiger partial charge < -0.3 is 4.90 Å². The van der Waals surface area contributed by atoms with Gasteiger partial charge in [0.25, 0.3) is 15.7 Å². The molecule has 0 N–H and O–H groups in total. The molecule has 2 atom stereocenters. The van der Waals surface area contributed by atoms with E-state index >= 15 is 0 Å². The summed E-state index contributed by atoms with van der Waals surface area (Å²) in [6, 6.07) is 4.79. The van der Waals surface area contributed by atoms with Gasteiger partial charge >= 0.3 is 0 Å². The van der Waals surface area contributed by atoms with Crippen LogP contribution in [0.3, 0.4) is 0 Å². The third-order valence-electron chi connectivity index (χ3n) is 4.97. The molecule has 136 valence electrons. The van der Waals surface area contributed by atoms with Crippen molar-refractivity contribution in [3.8, 4) is 0 Å². The van der Waals surface area contributed by atoms with Gasteiger partial charge in [-0.25, -0.2) is 17.7 Å². The van der Waals surface area contributed by atoms with Crippen LogP contribution in [-0.4, -0.2) is 54.2 Å². The fourth-order valence-corrected chi connectivity index (χ4v) is 5.43. The van der Waals surface area contributed by atoms with Crippen LogP contribution in [-0.2, 0) is 10.0 Å². The normalized spacial score (nSPS) is 26.1. The summed E-state index contributed by atoms with van der Waals surface area (Å²) in [6.07, 6.45) is 3.59. The molecule has 0 unspecified atom stereocenters. The van der Waals surface area contributed by atoms with Crippen molar-refractivity contribution in [1.82, 2.24) is 9.21 Å². The van der Waals surface area contributed by atoms with E-state index in [9.17, 15) is 18.5 Å². The number of nitro benzene ring substituents is 1. The van der Waals surface area contributed by atoms with Crippen molar-refractivity contribution in [2.45, 2.75) is 49.1 Å². The topological polar surface area (TPSA) is 96.1 Å². The van der Waals surface area contributed by atoms with E-state index in [2.05, 4.69) is 0 Å². The van der Waals surface area contributed by atoms with Crippen LogP contribution < -0.4 is 0 Å². The number of guanidine groups is 1. The molecule has 0 aromatic heterocycles. The van der Waals surface area contributed by atoms with Crippen LogP contribution in [0.4, 0.5) is 5.69 Å². The van der Waals surface area contributed by atoms with Crippen LogP contribution >= 0.6 is 0 Å². The molecule has 25 heavy (non-hydrogen) atoms. The van der Waals surface area contributed by atoms with E-state index in [4.69, 9.17) is 4.99 Å². The first-order valence-electron chi connectivity index (χ1n) is 8.23. The van der Waals surface area contributed by atoms with Crippen LogP contribution in [0, 0.1) is 10.1 Å². The minimum Gasteiger partial charge on any atom is -0.348 e. The third kappa shape index (κ3) is 2.86. The second-order valence-electron chi connectivity index (χ2n) is 6.98. The Labute approximate surface area is 147 Å². The van der Waals surface area contributed by atoms with E-state index < -0.39 is 20.5 Å². The Morgan fingerprint density at radius 1 is 1.28 bits per heavy atom. The molecule has 0 saturated heterocycles. The summed E-state index contributed by atoms with van der Waals surface area (Å²) in [7, 11) is -0.294. The van der Waals surface area contributed by atoms with Crippen molar-refractivity contribution in [2.24, 2.45) is 4.99 Å². The van der Waals surface area contributed by atoms with E-state index in [1.807, 2.05) is 6.92 Å². The van der Waals surface area contributed by atoms with Gasteiger partial charge in [-0.15, -0.1) is 0 Å². The largest absolute Gasteiger partial charge is 0.348 e. The highest BCUT2D eigenvalue weighted by Gasteiger charge is 2.51. The molecule has 0 amide bonds. The second kappa shape index (κ2) is 5.98. The van der Waals surface area contributed by atoms with Crippen molar-refractivity contribution >= 4 is 21.7 Å². The van der Waals surface area contributed by atoms with Gasteiger partial charge in [-0.2, -0.15) is 0 Å². The molecule has 1 fully saturated rings. The minimum atomic E-state index is -3.85.